The number of morpholine rings is 2. The Morgan fingerprint density at radius 1 is 0.800 bits per heavy atom. The minimum Gasteiger partial charge on any atom is -0.379 e. The number of ether oxygens (including phenoxy) is 2. The third-order valence-corrected chi connectivity index (χ3v) is 5.62. The van der Waals surface area contributed by atoms with Crippen LogP contribution in [0, 0.1) is 0 Å². The van der Waals surface area contributed by atoms with Crippen molar-refractivity contribution in [2.45, 2.75) is 51.9 Å². The summed E-state index contributed by atoms with van der Waals surface area (Å²) in [6.07, 6.45) is 4.24. The Bertz CT molecular complexity index is 580. The van der Waals surface area contributed by atoms with Crippen molar-refractivity contribution in [3.05, 3.63) is 11.6 Å². The molecule has 3 heterocycles. The van der Waals surface area contributed by atoms with Crippen molar-refractivity contribution in [1.29, 1.82) is 0 Å². The quantitative estimate of drug-likeness (QED) is 0.576. The Morgan fingerprint density at radius 2 is 1.40 bits per heavy atom. The van der Waals surface area contributed by atoms with Crippen LogP contribution >= 0.6 is 0 Å². The summed E-state index contributed by atoms with van der Waals surface area (Å²) in [6, 6.07) is 0. The van der Waals surface area contributed by atoms with Gasteiger partial charge in [-0.05, 0) is 32.4 Å². The molecule has 0 amide bonds. The number of hydrogen-bond donors (Lipinski definition) is 1. The van der Waals surface area contributed by atoms with Crippen LogP contribution in [-0.2, 0) is 21.3 Å². The second-order valence-electron chi connectivity index (χ2n) is 9.29. The van der Waals surface area contributed by atoms with E-state index in [2.05, 4.69) is 35.9 Å². The van der Waals surface area contributed by atoms with E-state index in [-0.39, 0.29) is 5.41 Å². The van der Waals surface area contributed by atoms with Gasteiger partial charge in [-0.3, -0.25) is 9.80 Å². The molecule has 1 aromatic rings. The van der Waals surface area contributed by atoms with Gasteiger partial charge in [0, 0.05) is 44.6 Å². The van der Waals surface area contributed by atoms with Crippen LogP contribution in [0.15, 0.2) is 0 Å². The Hall–Kier alpha value is -1.35. The summed E-state index contributed by atoms with van der Waals surface area (Å²) in [4.78, 5) is 19.1. The SMILES string of the molecule is CC(C)(C)c1nc(CCCCN2CCOCC2)nc(NCCCN2CCOCC2)n1. The highest BCUT2D eigenvalue weighted by Crippen LogP contribution is 2.19. The summed E-state index contributed by atoms with van der Waals surface area (Å²) < 4.78 is 10.8. The van der Waals surface area contributed by atoms with E-state index in [9.17, 15) is 0 Å². The number of anilines is 1. The molecule has 2 saturated heterocycles. The highest BCUT2D eigenvalue weighted by Gasteiger charge is 2.20. The van der Waals surface area contributed by atoms with Crippen molar-refractivity contribution < 1.29 is 9.47 Å². The van der Waals surface area contributed by atoms with Gasteiger partial charge in [-0.25, -0.2) is 4.98 Å². The Kier molecular flexibility index (Phi) is 9.24. The van der Waals surface area contributed by atoms with Gasteiger partial charge in [0.05, 0.1) is 26.4 Å². The van der Waals surface area contributed by atoms with E-state index >= 15 is 0 Å². The largest absolute Gasteiger partial charge is 0.379 e. The first kappa shape index (κ1) is 23.3. The lowest BCUT2D eigenvalue weighted by molar-refractivity contribution is 0.0372. The summed E-state index contributed by atoms with van der Waals surface area (Å²) in [5.74, 6) is 2.50. The lowest BCUT2D eigenvalue weighted by Crippen LogP contribution is -2.37. The van der Waals surface area contributed by atoms with Gasteiger partial charge in [0.15, 0.2) is 0 Å². The fourth-order valence-electron chi connectivity index (χ4n) is 3.72. The van der Waals surface area contributed by atoms with Crippen LogP contribution in [0.2, 0.25) is 0 Å². The molecule has 3 rings (SSSR count). The van der Waals surface area contributed by atoms with Crippen molar-refractivity contribution in [3.63, 3.8) is 0 Å². The second kappa shape index (κ2) is 11.9. The smallest absolute Gasteiger partial charge is 0.226 e. The molecular formula is C22H40N6O2. The van der Waals surface area contributed by atoms with Crippen molar-refractivity contribution in [1.82, 2.24) is 24.8 Å². The standard InChI is InChI=1S/C22H40N6O2/c1-22(2,3)20-24-19(7-4-5-9-27-11-15-29-16-12-27)25-21(26-20)23-8-6-10-28-13-17-30-18-14-28/h4-18H2,1-3H3,(H,23,24,25,26). The molecule has 0 unspecified atom stereocenters. The van der Waals surface area contributed by atoms with Crippen LogP contribution in [0.3, 0.4) is 0 Å². The Balaban J connectivity index is 1.47. The normalized spacial score (nSPS) is 19.2. The number of nitrogens with zero attached hydrogens (tertiary/aromatic N) is 5. The Morgan fingerprint density at radius 3 is 2.00 bits per heavy atom. The van der Waals surface area contributed by atoms with Gasteiger partial charge in [-0.15, -0.1) is 0 Å². The minimum absolute atomic E-state index is 0.0876. The summed E-state index contributed by atoms with van der Waals surface area (Å²) in [5, 5.41) is 3.44. The van der Waals surface area contributed by atoms with E-state index in [0.29, 0.717) is 0 Å². The zero-order chi connectivity index (χ0) is 21.2. The lowest BCUT2D eigenvalue weighted by Gasteiger charge is -2.26. The van der Waals surface area contributed by atoms with Gasteiger partial charge in [0.2, 0.25) is 5.95 Å². The molecule has 0 aromatic carbocycles. The number of hydrogen-bond acceptors (Lipinski definition) is 8. The maximum absolute atomic E-state index is 5.42. The molecule has 2 aliphatic rings. The number of aryl methyl sites for hydroxylation is 1. The number of aromatic nitrogens is 3. The monoisotopic (exact) mass is 420 g/mol. The first-order valence-corrected chi connectivity index (χ1v) is 11.6. The minimum atomic E-state index is -0.0876. The van der Waals surface area contributed by atoms with Crippen LogP contribution < -0.4 is 5.32 Å². The van der Waals surface area contributed by atoms with Crippen molar-refractivity contribution in [2.75, 3.05) is 77.6 Å². The molecule has 1 aromatic heterocycles. The predicted octanol–water partition coefficient (Wildman–Crippen LogP) is 1.96. The van der Waals surface area contributed by atoms with Gasteiger partial charge in [-0.2, -0.15) is 9.97 Å². The van der Waals surface area contributed by atoms with Crippen molar-refractivity contribution >= 4 is 5.95 Å². The molecule has 0 radical (unpaired) electrons. The molecule has 0 atom stereocenters. The summed E-state index contributed by atoms with van der Waals surface area (Å²) in [7, 11) is 0. The van der Waals surface area contributed by atoms with E-state index in [1.54, 1.807) is 0 Å². The van der Waals surface area contributed by atoms with E-state index in [4.69, 9.17) is 24.4 Å². The predicted molar refractivity (Wildman–Crippen MR) is 119 cm³/mol. The van der Waals surface area contributed by atoms with Crippen LogP contribution in [0.1, 0.15) is 51.7 Å². The molecule has 170 valence electrons. The highest BCUT2D eigenvalue weighted by atomic mass is 16.5. The number of unbranched alkanes of at least 4 members (excludes halogenated alkanes) is 1. The molecule has 1 N–H and O–H groups in total. The van der Waals surface area contributed by atoms with E-state index in [0.717, 1.165) is 109 Å². The van der Waals surface area contributed by atoms with Gasteiger partial charge in [0.1, 0.15) is 11.6 Å². The molecular weight excluding hydrogens is 380 g/mol. The average Bonchev–Trinajstić information content (AvgIpc) is 2.75. The molecule has 8 nitrogen and oxygen atoms in total. The van der Waals surface area contributed by atoms with Gasteiger partial charge in [-0.1, -0.05) is 20.8 Å². The van der Waals surface area contributed by atoms with E-state index in [1.807, 2.05) is 0 Å². The van der Waals surface area contributed by atoms with Crippen LogP contribution in [0.25, 0.3) is 0 Å². The molecule has 2 fully saturated rings. The van der Waals surface area contributed by atoms with Crippen LogP contribution in [-0.4, -0.2) is 97.0 Å². The van der Waals surface area contributed by atoms with Crippen molar-refractivity contribution in [2.24, 2.45) is 0 Å². The lowest BCUT2D eigenvalue weighted by atomic mass is 9.96. The third kappa shape index (κ3) is 8.06. The van der Waals surface area contributed by atoms with E-state index in [1.165, 1.54) is 6.42 Å². The molecule has 2 aliphatic heterocycles. The molecule has 30 heavy (non-hydrogen) atoms. The number of rotatable bonds is 10. The van der Waals surface area contributed by atoms with Gasteiger partial charge >= 0.3 is 0 Å². The van der Waals surface area contributed by atoms with E-state index < -0.39 is 0 Å². The molecule has 0 bridgehead atoms. The van der Waals surface area contributed by atoms with Crippen LogP contribution in [0.4, 0.5) is 5.95 Å². The first-order valence-electron chi connectivity index (χ1n) is 11.6. The van der Waals surface area contributed by atoms with Crippen LogP contribution in [0.5, 0.6) is 0 Å². The molecule has 8 heteroatoms. The van der Waals surface area contributed by atoms with Gasteiger partial charge < -0.3 is 14.8 Å². The number of nitrogens with one attached hydrogen (secondary N) is 1. The fraction of sp³-hybridized carbons (Fsp3) is 0.864. The van der Waals surface area contributed by atoms with Gasteiger partial charge in [0.25, 0.3) is 0 Å². The maximum Gasteiger partial charge on any atom is 0.226 e. The zero-order valence-corrected chi connectivity index (χ0v) is 19.2. The third-order valence-electron chi connectivity index (χ3n) is 5.62. The summed E-state index contributed by atoms with van der Waals surface area (Å²) in [5.41, 5.74) is -0.0876. The molecule has 0 saturated carbocycles. The topological polar surface area (TPSA) is 75.6 Å². The maximum atomic E-state index is 5.42. The Labute approximate surface area is 181 Å². The summed E-state index contributed by atoms with van der Waals surface area (Å²) >= 11 is 0. The molecule has 0 aliphatic carbocycles. The molecule has 0 spiro atoms. The first-order chi connectivity index (χ1) is 14.5. The van der Waals surface area contributed by atoms with Crippen molar-refractivity contribution in [3.8, 4) is 0 Å². The second-order valence-corrected chi connectivity index (χ2v) is 9.29. The highest BCUT2D eigenvalue weighted by molar-refractivity contribution is 5.26. The summed E-state index contributed by atoms with van der Waals surface area (Å²) in [6.45, 7) is 17.2. The fourth-order valence-corrected chi connectivity index (χ4v) is 3.72. The zero-order valence-electron chi connectivity index (χ0n) is 19.2. The average molecular weight is 421 g/mol.